The summed E-state index contributed by atoms with van der Waals surface area (Å²) in [5, 5.41) is 3.27. The molecular weight excluding hydrogens is 362 g/mol. The number of aromatic nitrogens is 3. The Labute approximate surface area is 161 Å². The molecule has 2 fully saturated rings. The number of benzene rings is 1. The first kappa shape index (κ1) is 17.5. The number of piperazine rings is 1. The Morgan fingerprint density at radius 1 is 1.07 bits per heavy atom. The van der Waals surface area contributed by atoms with Crippen LogP contribution in [-0.2, 0) is 0 Å². The van der Waals surface area contributed by atoms with E-state index < -0.39 is 11.6 Å². The lowest BCUT2D eigenvalue weighted by molar-refractivity contribution is 0.137. The number of halogens is 2. The summed E-state index contributed by atoms with van der Waals surface area (Å²) in [7, 11) is 0. The van der Waals surface area contributed by atoms with Gasteiger partial charge in [0.05, 0.1) is 5.69 Å². The van der Waals surface area contributed by atoms with Gasteiger partial charge in [-0.05, 0) is 19.1 Å². The Morgan fingerprint density at radius 3 is 2.43 bits per heavy atom. The highest BCUT2D eigenvalue weighted by molar-refractivity contribution is 5.74. The molecule has 3 aromatic rings. The molecule has 0 aliphatic carbocycles. The average molecular weight is 384 g/mol. The number of aryl methyl sites for hydroxylation is 1. The van der Waals surface area contributed by atoms with Crippen LogP contribution in [0.2, 0.25) is 0 Å². The van der Waals surface area contributed by atoms with Gasteiger partial charge in [-0.1, -0.05) is 0 Å². The van der Waals surface area contributed by atoms with E-state index >= 15 is 0 Å². The van der Waals surface area contributed by atoms with Gasteiger partial charge in [-0.15, -0.1) is 0 Å². The van der Waals surface area contributed by atoms with Crippen molar-refractivity contribution in [2.45, 2.75) is 13.0 Å². The Hall–Kier alpha value is -2.58. The van der Waals surface area contributed by atoms with Crippen LogP contribution >= 0.6 is 0 Å². The largest absolute Gasteiger partial charge is 0.364 e. The first-order chi connectivity index (χ1) is 13.6. The molecule has 5 rings (SSSR count). The number of imidazole rings is 1. The van der Waals surface area contributed by atoms with Gasteiger partial charge >= 0.3 is 0 Å². The summed E-state index contributed by atoms with van der Waals surface area (Å²) in [6, 6.07) is 6.95. The highest BCUT2D eigenvalue weighted by atomic mass is 19.1. The molecule has 0 radical (unpaired) electrons. The Kier molecular flexibility index (Phi) is 4.25. The Balaban J connectivity index is 1.45. The number of anilines is 1. The minimum absolute atomic E-state index is 0.0603. The van der Waals surface area contributed by atoms with Gasteiger partial charge in [0, 0.05) is 63.6 Å². The lowest BCUT2D eigenvalue weighted by atomic mass is 10.1. The molecule has 0 bridgehead atoms. The molecule has 1 aromatic carbocycles. The van der Waals surface area contributed by atoms with Crippen LogP contribution in [-0.4, -0.2) is 64.7 Å². The van der Waals surface area contributed by atoms with Crippen molar-refractivity contribution >= 4 is 16.9 Å². The van der Waals surface area contributed by atoms with Crippen molar-refractivity contribution < 1.29 is 8.78 Å². The maximum absolute atomic E-state index is 15.0. The highest BCUT2D eigenvalue weighted by Gasteiger charge is 2.29. The van der Waals surface area contributed by atoms with Crippen LogP contribution in [0, 0.1) is 18.6 Å². The molecule has 8 heteroatoms. The molecule has 2 aliphatic rings. The van der Waals surface area contributed by atoms with Crippen LogP contribution in [0.5, 0.6) is 0 Å². The summed E-state index contributed by atoms with van der Waals surface area (Å²) in [5.74, 6) is -0.458. The number of rotatable bonds is 3. The standard InChI is InChI=1S/C20H22F2N6/c1-13-25-18-3-2-4-24-20(18)28(13)14-9-16(21)19(17(22)10-14)27-7-5-26(6-8-27)15-11-23-12-15/h2-4,9-10,15,23H,5-8,11-12H2,1H3. The zero-order chi connectivity index (χ0) is 19.3. The van der Waals surface area contributed by atoms with E-state index in [-0.39, 0.29) is 5.69 Å². The minimum Gasteiger partial charge on any atom is -0.364 e. The van der Waals surface area contributed by atoms with E-state index in [1.54, 1.807) is 23.8 Å². The third kappa shape index (κ3) is 2.84. The Bertz CT molecular complexity index is 998. The fourth-order valence-corrected chi connectivity index (χ4v) is 4.16. The van der Waals surface area contributed by atoms with E-state index in [0.29, 0.717) is 41.8 Å². The number of hydrogen-bond acceptors (Lipinski definition) is 5. The third-order valence-electron chi connectivity index (χ3n) is 5.75. The summed E-state index contributed by atoms with van der Waals surface area (Å²) in [5.41, 5.74) is 1.75. The van der Waals surface area contributed by atoms with Gasteiger partial charge in [0.25, 0.3) is 0 Å². The summed E-state index contributed by atoms with van der Waals surface area (Å²) < 4.78 is 31.7. The average Bonchev–Trinajstić information content (AvgIpc) is 2.96. The van der Waals surface area contributed by atoms with Gasteiger partial charge in [-0.25, -0.2) is 18.7 Å². The van der Waals surface area contributed by atoms with Crippen LogP contribution in [0.25, 0.3) is 16.9 Å². The molecule has 4 heterocycles. The minimum atomic E-state index is -0.550. The van der Waals surface area contributed by atoms with Crippen molar-refractivity contribution in [3.8, 4) is 5.69 Å². The zero-order valence-electron chi connectivity index (χ0n) is 15.7. The summed E-state index contributed by atoms with van der Waals surface area (Å²) in [6.07, 6.45) is 1.65. The normalized spacial score (nSPS) is 18.6. The van der Waals surface area contributed by atoms with Gasteiger partial charge in [0.15, 0.2) is 17.3 Å². The summed E-state index contributed by atoms with van der Waals surface area (Å²) >= 11 is 0. The number of nitrogens with zero attached hydrogens (tertiary/aromatic N) is 5. The lowest BCUT2D eigenvalue weighted by Gasteiger charge is -2.43. The van der Waals surface area contributed by atoms with Crippen molar-refractivity contribution in [1.82, 2.24) is 24.8 Å². The van der Waals surface area contributed by atoms with E-state index in [1.807, 2.05) is 11.0 Å². The van der Waals surface area contributed by atoms with Gasteiger partial charge in [-0.2, -0.15) is 0 Å². The molecule has 28 heavy (non-hydrogen) atoms. The maximum Gasteiger partial charge on any atom is 0.164 e. The fraction of sp³-hybridized carbons (Fsp3) is 0.400. The highest BCUT2D eigenvalue weighted by Crippen LogP contribution is 2.29. The second-order valence-electron chi connectivity index (χ2n) is 7.43. The first-order valence-electron chi connectivity index (χ1n) is 9.61. The van der Waals surface area contributed by atoms with Crippen molar-refractivity contribution in [1.29, 1.82) is 0 Å². The second-order valence-corrected chi connectivity index (χ2v) is 7.43. The monoisotopic (exact) mass is 384 g/mol. The van der Waals surface area contributed by atoms with Crippen LogP contribution in [0.4, 0.5) is 14.5 Å². The number of fused-ring (bicyclic) bond motifs is 1. The van der Waals surface area contributed by atoms with E-state index in [2.05, 4.69) is 20.2 Å². The Morgan fingerprint density at radius 2 is 1.79 bits per heavy atom. The van der Waals surface area contributed by atoms with E-state index in [1.165, 1.54) is 12.1 Å². The van der Waals surface area contributed by atoms with Crippen molar-refractivity contribution in [2.75, 3.05) is 44.2 Å². The number of nitrogens with one attached hydrogen (secondary N) is 1. The predicted octanol–water partition coefficient (Wildman–Crippen LogP) is 2.10. The molecule has 0 spiro atoms. The maximum atomic E-state index is 15.0. The van der Waals surface area contributed by atoms with Crippen LogP contribution in [0.3, 0.4) is 0 Å². The predicted molar refractivity (Wildman–Crippen MR) is 104 cm³/mol. The van der Waals surface area contributed by atoms with Crippen molar-refractivity contribution in [3.63, 3.8) is 0 Å². The SMILES string of the molecule is Cc1nc2cccnc2n1-c1cc(F)c(N2CCN(C3CNC3)CC2)c(F)c1. The molecule has 2 aromatic heterocycles. The zero-order valence-corrected chi connectivity index (χ0v) is 15.7. The summed E-state index contributed by atoms with van der Waals surface area (Å²) in [6.45, 7) is 6.70. The summed E-state index contributed by atoms with van der Waals surface area (Å²) in [4.78, 5) is 13.0. The van der Waals surface area contributed by atoms with Gasteiger partial charge in [-0.3, -0.25) is 9.47 Å². The van der Waals surface area contributed by atoms with Crippen LogP contribution < -0.4 is 10.2 Å². The fourth-order valence-electron chi connectivity index (χ4n) is 4.16. The lowest BCUT2D eigenvalue weighted by Crippen LogP contribution is -2.61. The second kappa shape index (κ2) is 6.79. The number of pyridine rings is 1. The van der Waals surface area contributed by atoms with Gasteiger partial charge < -0.3 is 10.2 Å². The molecule has 1 N–H and O–H groups in total. The first-order valence-corrected chi connectivity index (χ1v) is 9.61. The van der Waals surface area contributed by atoms with Crippen molar-refractivity contribution in [3.05, 3.63) is 47.9 Å². The molecular formula is C20H22F2N6. The molecule has 2 saturated heterocycles. The van der Waals surface area contributed by atoms with E-state index in [9.17, 15) is 8.78 Å². The van der Waals surface area contributed by atoms with E-state index in [4.69, 9.17) is 0 Å². The van der Waals surface area contributed by atoms with Crippen molar-refractivity contribution in [2.24, 2.45) is 0 Å². The molecule has 146 valence electrons. The molecule has 0 saturated carbocycles. The molecule has 0 unspecified atom stereocenters. The van der Waals surface area contributed by atoms with Gasteiger partial charge in [0.1, 0.15) is 17.0 Å². The quantitative estimate of drug-likeness (QED) is 0.750. The molecule has 0 amide bonds. The number of hydrogen-bond donors (Lipinski definition) is 1. The molecule has 2 aliphatic heterocycles. The topological polar surface area (TPSA) is 49.2 Å². The third-order valence-corrected chi connectivity index (χ3v) is 5.75. The van der Waals surface area contributed by atoms with Crippen LogP contribution in [0.1, 0.15) is 5.82 Å². The van der Waals surface area contributed by atoms with Gasteiger partial charge in [0.2, 0.25) is 0 Å². The smallest absolute Gasteiger partial charge is 0.164 e. The molecule has 6 nitrogen and oxygen atoms in total. The van der Waals surface area contributed by atoms with E-state index in [0.717, 1.165) is 26.2 Å². The molecule has 0 atom stereocenters. The van der Waals surface area contributed by atoms with Crippen LogP contribution in [0.15, 0.2) is 30.5 Å².